The van der Waals surface area contributed by atoms with Crippen molar-refractivity contribution >= 4 is 0 Å². The van der Waals surface area contributed by atoms with Crippen LogP contribution in [0.15, 0.2) is 36.1 Å². The summed E-state index contributed by atoms with van der Waals surface area (Å²) in [4.78, 5) is 0. The van der Waals surface area contributed by atoms with Gasteiger partial charge in [0, 0.05) is 12.2 Å². The van der Waals surface area contributed by atoms with Crippen LogP contribution < -0.4 is 5.32 Å². The minimum absolute atomic E-state index is 0.563. The van der Waals surface area contributed by atoms with Gasteiger partial charge in [-0.05, 0) is 11.5 Å². The van der Waals surface area contributed by atoms with E-state index in [4.69, 9.17) is 0 Å². The van der Waals surface area contributed by atoms with Crippen molar-refractivity contribution in [3.05, 3.63) is 36.1 Å². The maximum absolute atomic E-state index is 3.77. The number of dihydropyridines is 1. The maximum atomic E-state index is 3.77. The molecule has 0 atom stereocenters. The van der Waals surface area contributed by atoms with E-state index in [1.807, 2.05) is 6.08 Å². The van der Waals surface area contributed by atoms with E-state index >= 15 is 0 Å². The van der Waals surface area contributed by atoms with Crippen LogP contribution in [0.2, 0.25) is 0 Å². The third-order valence-electron chi connectivity index (χ3n) is 1.82. The third kappa shape index (κ3) is 1.73. The quantitative estimate of drug-likeness (QED) is 0.635. The number of nitrogens with one attached hydrogen (secondary N) is 1. The minimum Gasteiger partial charge on any atom is -0.384 e. The summed E-state index contributed by atoms with van der Waals surface area (Å²) in [7, 11) is 0. The molecule has 1 heterocycles. The Morgan fingerprint density at radius 2 is 2.36 bits per heavy atom. The van der Waals surface area contributed by atoms with Crippen LogP contribution in [0.5, 0.6) is 0 Å². The molecule has 0 aromatic carbocycles. The second-order valence-electron chi connectivity index (χ2n) is 3.01. The van der Waals surface area contributed by atoms with Crippen LogP contribution in [-0.4, -0.2) is 6.54 Å². The van der Waals surface area contributed by atoms with E-state index in [-0.39, 0.29) is 0 Å². The summed E-state index contributed by atoms with van der Waals surface area (Å²) in [5.74, 6) is 0.563. The number of rotatable bonds is 2. The van der Waals surface area contributed by atoms with E-state index in [9.17, 15) is 0 Å². The molecule has 1 rings (SSSR count). The average molecular weight is 149 g/mol. The first-order chi connectivity index (χ1) is 5.25. The Balaban J connectivity index is 2.91. The predicted octanol–water partition coefficient (Wildman–Crippen LogP) is 2.24. The molecular formula is C10H15N. The molecule has 1 nitrogen and oxygen atoms in total. The van der Waals surface area contributed by atoms with Gasteiger partial charge in [0.15, 0.2) is 0 Å². The van der Waals surface area contributed by atoms with E-state index in [0.29, 0.717) is 5.92 Å². The van der Waals surface area contributed by atoms with Gasteiger partial charge in [0.1, 0.15) is 0 Å². The summed E-state index contributed by atoms with van der Waals surface area (Å²) in [5.41, 5.74) is 2.54. The first-order valence-corrected chi connectivity index (χ1v) is 4.02. The molecule has 1 aliphatic heterocycles. The highest BCUT2D eigenvalue weighted by Gasteiger charge is 2.07. The molecule has 0 radical (unpaired) electrons. The fourth-order valence-corrected chi connectivity index (χ4v) is 1.26. The van der Waals surface area contributed by atoms with E-state index < -0.39 is 0 Å². The van der Waals surface area contributed by atoms with Gasteiger partial charge in [0.05, 0.1) is 0 Å². The number of hydrogen-bond donors (Lipinski definition) is 1. The standard InChI is InChI=1S/C10H15N/c1-4-9-6-5-7-11-10(9)8(2)3/h4-6,8,11H,1,7H2,2-3H3. The molecule has 0 saturated heterocycles. The number of hydrogen-bond acceptors (Lipinski definition) is 1. The highest BCUT2D eigenvalue weighted by molar-refractivity contribution is 5.37. The van der Waals surface area contributed by atoms with Crippen LogP contribution in [0.1, 0.15) is 13.8 Å². The Kier molecular flexibility index (Phi) is 2.53. The van der Waals surface area contributed by atoms with Crippen LogP contribution >= 0.6 is 0 Å². The van der Waals surface area contributed by atoms with Gasteiger partial charge >= 0.3 is 0 Å². The van der Waals surface area contributed by atoms with Crippen LogP contribution in [-0.2, 0) is 0 Å². The molecule has 1 heteroatoms. The third-order valence-corrected chi connectivity index (χ3v) is 1.82. The molecule has 0 spiro atoms. The minimum atomic E-state index is 0.563. The van der Waals surface area contributed by atoms with Crippen molar-refractivity contribution in [3.8, 4) is 0 Å². The largest absolute Gasteiger partial charge is 0.384 e. The smallest absolute Gasteiger partial charge is 0.0331 e. The van der Waals surface area contributed by atoms with Crippen LogP contribution in [0.25, 0.3) is 0 Å². The monoisotopic (exact) mass is 149 g/mol. The van der Waals surface area contributed by atoms with Crippen molar-refractivity contribution < 1.29 is 0 Å². The summed E-state index contributed by atoms with van der Waals surface area (Å²) in [6.07, 6.45) is 6.14. The highest BCUT2D eigenvalue weighted by Crippen LogP contribution is 2.16. The first kappa shape index (κ1) is 8.12. The van der Waals surface area contributed by atoms with Gasteiger partial charge in [-0.3, -0.25) is 0 Å². The summed E-state index contributed by atoms with van der Waals surface area (Å²) < 4.78 is 0. The summed E-state index contributed by atoms with van der Waals surface area (Å²) in [6.45, 7) is 9.09. The van der Waals surface area contributed by atoms with E-state index in [1.165, 1.54) is 11.3 Å². The molecule has 0 aromatic heterocycles. The topological polar surface area (TPSA) is 12.0 Å². The average Bonchev–Trinajstić information content (AvgIpc) is 2.04. The summed E-state index contributed by atoms with van der Waals surface area (Å²) in [6, 6.07) is 0. The molecule has 60 valence electrons. The molecule has 0 bridgehead atoms. The van der Waals surface area contributed by atoms with Gasteiger partial charge in [0.25, 0.3) is 0 Å². The molecule has 0 aromatic rings. The zero-order chi connectivity index (χ0) is 8.27. The van der Waals surface area contributed by atoms with Crippen molar-refractivity contribution in [1.82, 2.24) is 5.32 Å². The number of allylic oxidation sites excluding steroid dienone is 4. The van der Waals surface area contributed by atoms with Gasteiger partial charge < -0.3 is 5.32 Å². The summed E-state index contributed by atoms with van der Waals surface area (Å²) >= 11 is 0. The Bertz CT molecular complexity index is 209. The van der Waals surface area contributed by atoms with Crippen LogP contribution in [0, 0.1) is 5.92 Å². The van der Waals surface area contributed by atoms with E-state index in [0.717, 1.165) is 6.54 Å². The van der Waals surface area contributed by atoms with Gasteiger partial charge in [-0.2, -0.15) is 0 Å². The highest BCUT2D eigenvalue weighted by atomic mass is 14.9. The molecule has 11 heavy (non-hydrogen) atoms. The molecule has 1 aliphatic rings. The van der Waals surface area contributed by atoms with E-state index in [1.54, 1.807) is 0 Å². The first-order valence-electron chi connectivity index (χ1n) is 4.02. The van der Waals surface area contributed by atoms with Crippen molar-refractivity contribution in [2.24, 2.45) is 5.92 Å². The molecule has 0 aliphatic carbocycles. The van der Waals surface area contributed by atoms with Crippen molar-refractivity contribution in [2.75, 3.05) is 6.54 Å². The SMILES string of the molecule is C=CC1=C(C(C)C)NCC=C1. The molecule has 0 amide bonds. The zero-order valence-electron chi connectivity index (χ0n) is 7.22. The predicted molar refractivity (Wildman–Crippen MR) is 49.2 cm³/mol. The van der Waals surface area contributed by atoms with Gasteiger partial charge in [0.2, 0.25) is 0 Å². The fraction of sp³-hybridized carbons (Fsp3) is 0.400. The molecule has 0 unspecified atom stereocenters. The lowest BCUT2D eigenvalue weighted by Crippen LogP contribution is -2.21. The van der Waals surface area contributed by atoms with Gasteiger partial charge in [-0.1, -0.05) is 38.7 Å². The van der Waals surface area contributed by atoms with E-state index in [2.05, 4.69) is 37.9 Å². The normalized spacial score (nSPS) is 17.0. The molecular weight excluding hydrogens is 134 g/mol. The summed E-state index contributed by atoms with van der Waals surface area (Å²) in [5, 5.41) is 3.34. The van der Waals surface area contributed by atoms with Crippen molar-refractivity contribution in [2.45, 2.75) is 13.8 Å². The van der Waals surface area contributed by atoms with Gasteiger partial charge in [-0.15, -0.1) is 0 Å². The van der Waals surface area contributed by atoms with Crippen molar-refractivity contribution in [1.29, 1.82) is 0 Å². The second kappa shape index (κ2) is 3.42. The van der Waals surface area contributed by atoms with Crippen molar-refractivity contribution in [3.63, 3.8) is 0 Å². The fourth-order valence-electron chi connectivity index (χ4n) is 1.26. The molecule has 1 N–H and O–H groups in total. The Morgan fingerprint density at radius 1 is 1.64 bits per heavy atom. The second-order valence-corrected chi connectivity index (χ2v) is 3.01. The zero-order valence-corrected chi connectivity index (χ0v) is 7.22. The molecule has 0 saturated carbocycles. The van der Waals surface area contributed by atoms with Gasteiger partial charge in [-0.25, -0.2) is 0 Å². The van der Waals surface area contributed by atoms with Crippen LogP contribution in [0.3, 0.4) is 0 Å². The molecule has 0 fully saturated rings. The Labute approximate surface area is 68.5 Å². The lowest BCUT2D eigenvalue weighted by molar-refractivity contribution is 0.668. The lowest BCUT2D eigenvalue weighted by Gasteiger charge is -2.19. The van der Waals surface area contributed by atoms with Crippen LogP contribution in [0.4, 0.5) is 0 Å². The Hall–Kier alpha value is -0.980. The Morgan fingerprint density at radius 3 is 2.82 bits per heavy atom. The lowest BCUT2D eigenvalue weighted by atomic mass is 10.0. The maximum Gasteiger partial charge on any atom is 0.0331 e.